The van der Waals surface area contributed by atoms with Crippen LogP contribution < -0.4 is 9.80 Å². The van der Waals surface area contributed by atoms with Gasteiger partial charge in [0.25, 0.3) is 4.84 Å². The lowest BCUT2D eigenvalue weighted by Crippen LogP contribution is -3.14. The van der Waals surface area contributed by atoms with Gasteiger partial charge in [-0.05, 0) is 54.7 Å². The van der Waals surface area contributed by atoms with E-state index in [1.165, 1.54) is 9.21 Å². The minimum Gasteiger partial charge on any atom is -0.508 e. The van der Waals surface area contributed by atoms with Crippen LogP contribution in [0.4, 0.5) is 5.69 Å². The fourth-order valence-electron chi connectivity index (χ4n) is 4.41. The van der Waals surface area contributed by atoms with Crippen molar-refractivity contribution in [1.82, 2.24) is 8.87 Å². The molecule has 33 heavy (non-hydrogen) atoms. The van der Waals surface area contributed by atoms with Gasteiger partial charge in [-0.2, -0.15) is 4.31 Å². The molecule has 2 aliphatic heterocycles. The van der Waals surface area contributed by atoms with Crippen molar-refractivity contribution in [3.63, 3.8) is 0 Å². The Bertz CT molecular complexity index is 1290. The number of morpholine rings is 1. The number of quaternary nitrogens is 1. The molecule has 0 unspecified atom stereocenters. The van der Waals surface area contributed by atoms with Crippen LogP contribution in [0, 0.1) is 4.84 Å². The van der Waals surface area contributed by atoms with Crippen LogP contribution in [-0.4, -0.2) is 74.9 Å². The molecule has 3 heterocycles. The summed E-state index contributed by atoms with van der Waals surface area (Å²) in [6.07, 6.45) is 0. The van der Waals surface area contributed by atoms with Crippen LogP contribution in [-0.2, 0) is 21.4 Å². The van der Waals surface area contributed by atoms with Crippen molar-refractivity contribution in [3.8, 4) is 5.75 Å². The number of nitrogens with one attached hydrogen (secondary N) is 1. The summed E-state index contributed by atoms with van der Waals surface area (Å²) in [7, 11) is -3.60. The number of benzene rings is 2. The number of phenolic OH excluding ortho intramolecular Hbond substituents is 1. The molecule has 0 aliphatic carbocycles. The van der Waals surface area contributed by atoms with Crippen molar-refractivity contribution in [1.29, 1.82) is 0 Å². The Morgan fingerprint density at radius 2 is 1.70 bits per heavy atom. The molecule has 0 radical (unpaired) electrons. The Kier molecular flexibility index (Phi) is 6.14. The molecular formula is C22H27N4O5S2+. The Morgan fingerprint density at radius 1 is 1.00 bits per heavy atom. The quantitative estimate of drug-likeness (QED) is 0.516. The van der Waals surface area contributed by atoms with E-state index in [9.17, 15) is 13.5 Å². The average molecular weight is 492 g/mol. The first-order valence-electron chi connectivity index (χ1n) is 11.0. The minimum absolute atomic E-state index is 0.244. The molecule has 2 saturated heterocycles. The van der Waals surface area contributed by atoms with Gasteiger partial charge in [0.15, 0.2) is 12.3 Å². The van der Waals surface area contributed by atoms with Crippen LogP contribution in [0.25, 0.3) is 11.1 Å². The first kappa shape index (κ1) is 22.4. The van der Waals surface area contributed by atoms with Crippen molar-refractivity contribution in [2.75, 3.05) is 57.4 Å². The summed E-state index contributed by atoms with van der Waals surface area (Å²) < 4.78 is 40.6. The van der Waals surface area contributed by atoms with Gasteiger partial charge in [0, 0.05) is 18.8 Å². The van der Waals surface area contributed by atoms with Crippen molar-refractivity contribution >= 4 is 39.0 Å². The van der Waals surface area contributed by atoms with E-state index in [0.717, 1.165) is 31.9 Å². The molecule has 2 aromatic carbocycles. The van der Waals surface area contributed by atoms with Gasteiger partial charge in [0.1, 0.15) is 5.75 Å². The molecule has 9 nitrogen and oxygen atoms in total. The van der Waals surface area contributed by atoms with E-state index >= 15 is 0 Å². The molecule has 176 valence electrons. The van der Waals surface area contributed by atoms with Crippen LogP contribution in [0.15, 0.2) is 51.8 Å². The van der Waals surface area contributed by atoms with Gasteiger partial charge in [-0.15, -0.1) is 0 Å². The molecule has 1 aromatic heterocycles. The Morgan fingerprint density at radius 3 is 2.39 bits per heavy atom. The predicted octanol–water partition coefficient (Wildman–Crippen LogP) is 1.05. The highest BCUT2D eigenvalue weighted by atomic mass is 32.2. The van der Waals surface area contributed by atoms with Gasteiger partial charge in [-0.3, -0.25) is 4.57 Å². The molecule has 3 aromatic rings. The predicted molar refractivity (Wildman–Crippen MR) is 126 cm³/mol. The average Bonchev–Trinajstić information content (AvgIpc) is 3.15. The molecule has 0 saturated carbocycles. The number of hydrogen-bond donors (Lipinski definition) is 2. The summed E-state index contributed by atoms with van der Waals surface area (Å²) in [6.45, 7) is 5.69. The third-order valence-electron chi connectivity index (χ3n) is 6.31. The summed E-state index contributed by atoms with van der Waals surface area (Å²) in [6, 6.07) is 12.2. The molecule has 2 fully saturated rings. The van der Waals surface area contributed by atoms with Gasteiger partial charge in [0.2, 0.25) is 10.0 Å². The number of hydrogen-bond acceptors (Lipinski definition) is 7. The van der Waals surface area contributed by atoms with Crippen molar-refractivity contribution in [3.05, 3.63) is 47.3 Å². The number of anilines is 1. The largest absolute Gasteiger partial charge is 0.508 e. The number of aromatic nitrogens is 1. The number of ether oxygens (including phenoxy) is 1. The topological polar surface area (TPSA) is 92.6 Å². The Labute approximate surface area is 197 Å². The smallest absolute Gasteiger partial charge is 0.274 e. The van der Waals surface area contributed by atoms with Gasteiger partial charge in [-0.25, -0.2) is 8.42 Å². The summed E-state index contributed by atoms with van der Waals surface area (Å²) in [4.78, 5) is 4.22. The number of piperazine rings is 1. The highest BCUT2D eigenvalue weighted by Crippen LogP contribution is 2.24. The maximum Gasteiger partial charge on any atom is 0.274 e. The standard InChI is InChI=1S/C22H26N4O5S2/c27-18-3-1-17(2-4-18)24-9-7-23(8-10-24)16-26-20-15-19(5-6-21(20)31-22(26)32)33(28,29)25-11-13-30-14-12-25/h1-6,15,27H,7-14,16H2/p+1. The zero-order valence-corrected chi connectivity index (χ0v) is 19.8. The molecular weight excluding hydrogens is 464 g/mol. The molecule has 2 aliphatic rings. The third-order valence-corrected chi connectivity index (χ3v) is 8.51. The van der Waals surface area contributed by atoms with E-state index in [0.29, 0.717) is 48.9 Å². The monoisotopic (exact) mass is 491 g/mol. The summed E-state index contributed by atoms with van der Waals surface area (Å²) in [5, 5.41) is 9.51. The Balaban J connectivity index is 1.34. The molecule has 11 heteroatoms. The molecule has 0 atom stereocenters. The maximum absolute atomic E-state index is 13.1. The fourth-order valence-corrected chi connectivity index (χ4v) is 6.10. The van der Waals surface area contributed by atoms with E-state index < -0.39 is 10.0 Å². The number of phenols is 1. The number of nitrogens with zero attached hydrogens (tertiary/aromatic N) is 3. The van der Waals surface area contributed by atoms with Gasteiger partial charge in [0.05, 0.1) is 49.8 Å². The van der Waals surface area contributed by atoms with Crippen LogP contribution in [0.1, 0.15) is 0 Å². The van der Waals surface area contributed by atoms with Crippen LogP contribution >= 0.6 is 12.2 Å². The highest BCUT2D eigenvalue weighted by molar-refractivity contribution is 7.89. The second-order valence-corrected chi connectivity index (χ2v) is 10.6. The SMILES string of the molecule is O=S(=O)(c1ccc2oc(=S)n(C[NH+]3CCN(c4ccc(O)cc4)CC3)c2c1)N1CCOCC1. The first-order valence-corrected chi connectivity index (χ1v) is 12.9. The van der Waals surface area contributed by atoms with Crippen LogP contribution in [0.3, 0.4) is 0 Å². The summed E-state index contributed by atoms with van der Waals surface area (Å²) >= 11 is 5.47. The van der Waals surface area contributed by atoms with Crippen molar-refractivity contribution in [2.24, 2.45) is 0 Å². The number of aromatic hydroxyl groups is 1. The number of rotatable bonds is 5. The van der Waals surface area contributed by atoms with Crippen molar-refractivity contribution < 1.29 is 27.6 Å². The lowest BCUT2D eigenvalue weighted by atomic mass is 10.2. The van der Waals surface area contributed by atoms with Gasteiger partial charge in [-0.1, -0.05) is 0 Å². The molecule has 0 bridgehead atoms. The number of oxazole rings is 1. The number of sulfonamides is 1. The van der Waals surface area contributed by atoms with Gasteiger partial charge < -0.3 is 24.1 Å². The third kappa shape index (κ3) is 4.51. The molecule has 0 amide bonds. The minimum atomic E-state index is -3.60. The van der Waals surface area contributed by atoms with E-state index in [2.05, 4.69) is 4.90 Å². The molecule has 5 rings (SSSR count). The van der Waals surface area contributed by atoms with Crippen LogP contribution in [0.5, 0.6) is 5.75 Å². The number of fused-ring (bicyclic) bond motifs is 1. The Hall–Kier alpha value is -2.44. The maximum atomic E-state index is 13.1. The first-order chi connectivity index (χ1) is 15.9. The van der Waals surface area contributed by atoms with E-state index in [4.69, 9.17) is 21.4 Å². The lowest BCUT2D eigenvalue weighted by molar-refractivity contribution is -0.923. The van der Waals surface area contributed by atoms with E-state index in [-0.39, 0.29) is 10.6 Å². The van der Waals surface area contributed by atoms with E-state index in [1.807, 2.05) is 16.7 Å². The fraction of sp³-hybridized carbons (Fsp3) is 0.409. The normalized spacial score (nSPS) is 18.7. The zero-order valence-electron chi connectivity index (χ0n) is 18.1. The zero-order chi connectivity index (χ0) is 23.0. The summed E-state index contributed by atoms with van der Waals surface area (Å²) in [5.74, 6) is 0.263. The van der Waals surface area contributed by atoms with Crippen LogP contribution in [0.2, 0.25) is 0 Å². The lowest BCUT2D eigenvalue weighted by Gasteiger charge is -2.33. The molecule has 0 spiro atoms. The van der Waals surface area contributed by atoms with E-state index in [1.54, 1.807) is 30.3 Å². The summed E-state index contributed by atoms with van der Waals surface area (Å²) in [5.41, 5.74) is 2.38. The second kappa shape index (κ2) is 9.07. The second-order valence-electron chi connectivity index (χ2n) is 8.35. The van der Waals surface area contributed by atoms with Gasteiger partial charge >= 0.3 is 0 Å². The highest BCUT2D eigenvalue weighted by Gasteiger charge is 2.28. The molecule has 2 N–H and O–H groups in total. The van der Waals surface area contributed by atoms with Crippen molar-refractivity contribution in [2.45, 2.75) is 11.6 Å².